The molecule has 1 unspecified atom stereocenters. The number of aliphatic hydroxyl groups is 1. The number of phosphoric acid groups is 1. The number of carbonyl (C=O) groups excluding carboxylic acids is 1. The number of hydrogen-bond acceptors (Lipinski definition) is 12. The minimum atomic E-state index is -4.51. The van der Waals surface area contributed by atoms with E-state index in [1.807, 2.05) is 0 Å². The van der Waals surface area contributed by atoms with Crippen LogP contribution in [-0.4, -0.2) is 62.9 Å². The molecule has 5 atom stereocenters. The van der Waals surface area contributed by atoms with Crippen LogP contribution in [0.1, 0.15) is 27.0 Å². The number of nitrogens with two attached hydrogens (primary N) is 1. The molecule has 4 rings (SSSR count). The quantitative estimate of drug-likeness (QED) is 0.266. The summed E-state index contributed by atoms with van der Waals surface area (Å²) in [5, 5.41) is 11.9. The lowest BCUT2D eigenvalue weighted by molar-refractivity contribution is -0.221. The maximum Gasteiger partial charge on any atom is 0.510 e. The normalized spacial score (nSPS) is 32.8. The van der Waals surface area contributed by atoms with Crippen LogP contribution in [0.3, 0.4) is 0 Å². The topological polar surface area (TPSA) is 166 Å². The molecule has 0 spiro atoms. The van der Waals surface area contributed by atoms with E-state index in [2.05, 4.69) is 26.5 Å². The molecular formula is C19H22FN4O9P. The van der Waals surface area contributed by atoms with Crippen molar-refractivity contribution in [3.63, 3.8) is 0 Å². The van der Waals surface area contributed by atoms with Crippen molar-refractivity contribution in [2.24, 2.45) is 0 Å². The fourth-order valence-electron chi connectivity index (χ4n) is 3.60. The molecule has 34 heavy (non-hydrogen) atoms. The molecule has 2 aromatic heterocycles. The molecule has 0 aliphatic carbocycles. The van der Waals surface area contributed by atoms with Gasteiger partial charge < -0.3 is 29.6 Å². The second kappa shape index (κ2) is 8.77. The van der Waals surface area contributed by atoms with Crippen molar-refractivity contribution in [3.8, 4) is 11.8 Å². The molecule has 0 aromatic carbocycles. The Morgan fingerprint density at radius 2 is 2.26 bits per heavy atom. The van der Waals surface area contributed by atoms with E-state index in [4.69, 9.17) is 28.8 Å². The summed E-state index contributed by atoms with van der Waals surface area (Å²) in [5.74, 6) is 2.37. The van der Waals surface area contributed by atoms with Crippen LogP contribution in [0.2, 0.25) is 0 Å². The Balaban J connectivity index is 1.61. The van der Waals surface area contributed by atoms with Crippen molar-refractivity contribution in [1.82, 2.24) is 14.5 Å². The van der Waals surface area contributed by atoms with Crippen LogP contribution in [0.25, 0.3) is 11.0 Å². The zero-order valence-corrected chi connectivity index (χ0v) is 19.2. The van der Waals surface area contributed by atoms with Crippen LogP contribution in [0, 0.1) is 11.8 Å². The Morgan fingerprint density at radius 3 is 2.97 bits per heavy atom. The first kappa shape index (κ1) is 24.3. The number of anilines is 1. The van der Waals surface area contributed by atoms with Crippen molar-refractivity contribution in [1.29, 1.82) is 0 Å². The van der Waals surface area contributed by atoms with E-state index in [9.17, 15) is 14.5 Å². The number of aromatic nitrogens is 3. The molecule has 0 bridgehead atoms. The summed E-state index contributed by atoms with van der Waals surface area (Å²) in [5.41, 5.74) is 3.72. The third-order valence-corrected chi connectivity index (χ3v) is 6.30. The summed E-state index contributed by atoms with van der Waals surface area (Å²) in [6.45, 7) is 2.78. The van der Waals surface area contributed by atoms with Gasteiger partial charge in [0.15, 0.2) is 12.3 Å². The Kier molecular flexibility index (Phi) is 6.28. The van der Waals surface area contributed by atoms with Gasteiger partial charge in [-0.3, -0.25) is 9.05 Å². The van der Waals surface area contributed by atoms with Gasteiger partial charge in [0.1, 0.15) is 24.4 Å². The maximum atomic E-state index is 15.8. The molecule has 0 saturated carbocycles. The zero-order valence-electron chi connectivity index (χ0n) is 18.3. The van der Waals surface area contributed by atoms with Gasteiger partial charge in [0.2, 0.25) is 12.4 Å². The Hall–Kier alpha value is -2.79. The molecule has 4 heterocycles. The van der Waals surface area contributed by atoms with E-state index in [0.29, 0.717) is 5.39 Å². The Labute approximate surface area is 192 Å². The summed E-state index contributed by atoms with van der Waals surface area (Å²) in [7, 11) is -4.51. The highest BCUT2D eigenvalue weighted by atomic mass is 31.2. The first-order chi connectivity index (χ1) is 16.0. The van der Waals surface area contributed by atoms with Crippen molar-refractivity contribution in [2.45, 2.75) is 50.7 Å². The lowest BCUT2D eigenvalue weighted by Gasteiger charge is -2.36. The predicted octanol–water partition coefficient (Wildman–Crippen LogP) is 2.02. The van der Waals surface area contributed by atoms with Crippen LogP contribution < -0.4 is 5.73 Å². The number of carbonyl (C=O) groups is 1. The average Bonchev–Trinajstić information content (AvgIpc) is 3.27. The van der Waals surface area contributed by atoms with Crippen LogP contribution >= 0.6 is 7.82 Å². The minimum Gasteiger partial charge on any atom is -0.432 e. The molecule has 184 valence electrons. The van der Waals surface area contributed by atoms with Crippen molar-refractivity contribution in [2.75, 3.05) is 19.1 Å². The Morgan fingerprint density at radius 1 is 1.50 bits per heavy atom. The fourth-order valence-corrected chi connectivity index (χ4v) is 4.89. The van der Waals surface area contributed by atoms with Crippen LogP contribution in [0.5, 0.6) is 0 Å². The monoisotopic (exact) mass is 500 g/mol. The summed E-state index contributed by atoms with van der Waals surface area (Å²) < 4.78 is 60.0. The van der Waals surface area contributed by atoms with E-state index < -0.39 is 57.3 Å². The zero-order chi connectivity index (χ0) is 24.7. The standard InChI is InChI=1S/C19H22FN4O9P/c1-4-6-18(26)15-19(20,8-29-34(27,33-15)30-10-28-17(25)31-11(2)3)32-16(18)24-7-5-12-13(21)22-9-23-14(12)24/h5,7,9,11,15-16,26H,8,10H2,1-3H3,(H2,21,22,23)/t15-,16+,18+,19+,34?/m0/s1. The number of hydrogen-bond donors (Lipinski definition) is 2. The van der Waals surface area contributed by atoms with Crippen LogP contribution in [-0.2, 0) is 32.3 Å². The smallest absolute Gasteiger partial charge is 0.432 e. The molecule has 2 fully saturated rings. The number of phosphoric ester groups is 1. The third-order valence-electron chi connectivity index (χ3n) is 4.97. The molecule has 15 heteroatoms. The number of nitrogens with zero attached hydrogens (tertiary/aromatic N) is 3. The van der Waals surface area contributed by atoms with Crippen LogP contribution in [0.4, 0.5) is 15.0 Å². The maximum absolute atomic E-state index is 15.8. The summed E-state index contributed by atoms with van der Waals surface area (Å²) in [6, 6.07) is 1.56. The highest BCUT2D eigenvalue weighted by Crippen LogP contribution is 2.62. The van der Waals surface area contributed by atoms with Crippen LogP contribution in [0.15, 0.2) is 18.6 Å². The van der Waals surface area contributed by atoms with Gasteiger partial charge in [0, 0.05) is 6.20 Å². The summed E-state index contributed by atoms with van der Waals surface area (Å²) in [4.78, 5) is 19.5. The van der Waals surface area contributed by atoms with Crippen molar-refractivity contribution >= 4 is 30.8 Å². The van der Waals surface area contributed by atoms with Gasteiger partial charge in [-0.1, -0.05) is 5.92 Å². The number of nitrogen functional groups attached to an aromatic ring is 1. The molecule has 0 amide bonds. The van der Waals surface area contributed by atoms with E-state index >= 15 is 4.39 Å². The van der Waals surface area contributed by atoms with Crippen molar-refractivity contribution < 1.29 is 46.6 Å². The molecule has 0 radical (unpaired) electrons. The number of fused-ring (bicyclic) bond motifs is 2. The fraction of sp³-hybridized carbons (Fsp3) is 0.526. The SMILES string of the molecule is CC#C[C@]1(O)[C@H](n2ccc3c(N)ncnc32)O[C@]2(F)COP(=O)(OCOC(=O)OC(C)C)O[C@@H]12. The third kappa shape index (κ3) is 4.22. The predicted molar refractivity (Wildman–Crippen MR) is 111 cm³/mol. The van der Waals surface area contributed by atoms with E-state index in [1.54, 1.807) is 19.9 Å². The first-order valence-corrected chi connectivity index (χ1v) is 11.5. The largest absolute Gasteiger partial charge is 0.510 e. The van der Waals surface area contributed by atoms with E-state index in [0.717, 1.165) is 0 Å². The number of alkyl halides is 1. The van der Waals surface area contributed by atoms with Gasteiger partial charge in [-0.25, -0.2) is 28.2 Å². The van der Waals surface area contributed by atoms with Gasteiger partial charge in [0.25, 0.3) is 5.85 Å². The van der Waals surface area contributed by atoms with E-state index in [1.165, 1.54) is 24.0 Å². The second-order valence-corrected chi connectivity index (χ2v) is 9.31. The van der Waals surface area contributed by atoms with Gasteiger partial charge in [0.05, 0.1) is 11.5 Å². The Bertz CT molecular complexity index is 1210. The molecule has 2 aromatic rings. The summed E-state index contributed by atoms with van der Waals surface area (Å²) >= 11 is 0. The van der Waals surface area contributed by atoms with Gasteiger partial charge in [-0.2, -0.15) is 0 Å². The minimum absolute atomic E-state index is 0.160. The highest BCUT2D eigenvalue weighted by molar-refractivity contribution is 7.48. The number of rotatable bonds is 5. The van der Waals surface area contributed by atoms with Gasteiger partial charge in [-0.15, -0.1) is 5.92 Å². The average molecular weight is 500 g/mol. The molecule has 2 saturated heterocycles. The highest BCUT2D eigenvalue weighted by Gasteiger charge is 2.71. The first-order valence-electron chi connectivity index (χ1n) is 10.0. The molecular weight excluding hydrogens is 478 g/mol. The second-order valence-electron chi connectivity index (χ2n) is 7.69. The number of ether oxygens (including phenoxy) is 3. The van der Waals surface area contributed by atoms with Gasteiger partial charge >= 0.3 is 14.0 Å². The lowest BCUT2D eigenvalue weighted by Crippen LogP contribution is -2.53. The summed E-state index contributed by atoms with van der Waals surface area (Å²) in [6.07, 6.45) is -2.34. The molecule has 2 aliphatic rings. The molecule has 3 N–H and O–H groups in total. The molecule has 13 nitrogen and oxygen atoms in total. The molecule has 2 aliphatic heterocycles. The number of halogens is 1. The van der Waals surface area contributed by atoms with Gasteiger partial charge in [-0.05, 0) is 26.8 Å². The lowest BCUT2D eigenvalue weighted by atomic mass is 9.93. The van der Waals surface area contributed by atoms with Crippen molar-refractivity contribution in [3.05, 3.63) is 18.6 Å². The van der Waals surface area contributed by atoms with E-state index in [-0.39, 0.29) is 11.5 Å².